The van der Waals surface area contributed by atoms with Crippen LogP contribution in [0.5, 0.6) is 0 Å². The summed E-state index contributed by atoms with van der Waals surface area (Å²) in [7, 11) is 0. The van der Waals surface area contributed by atoms with E-state index in [4.69, 9.17) is 9.57 Å². The van der Waals surface area contributed by atoms with Gasteiger partial charge in [0.25, 0.3) is 0 Å². The highest BCUT2D eigenvalue weighted by atomic mass is 16.8. The zero-order chi connectivity index (χ0) is 16.5. The summed E-state index contributed by atoms with van der Waals surface area (Å²) in [6.45, 7) is 3.96. The minimum atomic E-state index is -0.661. The van der Waals surface area contributed by atoms with Gasteiger partial charge < -0.3 is 10.1 Å². The van der Waals surface area contributed by atoms with Crippen LogP contribution in [0.15, 0.2) is 60.7 Å². The molecule has 0 heterocycles. The molecule has 0 aliphatic rings. The Balaban J connectivity index is 1.70. The smallest absolute Gasteiger partial charge is 0.232 e. The Morgan fingerprint density at radius 3 is 2.13 bits per heavy atom. The monoisotopic (exact) mass is 314 g/mol. The molecule has 5 heteroatoms. The second kappa shape index (κ2) is 8.31. The minimum absolute atomic E-state index is 0.0525. The van der Waals surface area contributed by atoms with E-state index in [2.05, 4.69) is 10.8 Å². The summed E-state index contributed by atoms with van der Waals surface area (Å²) in [5, 5.41) is 2.87. The number of nitrogens with one attached hydrogen (secondary N) is 2. The quantitative estimate of drug-likeness (QED) is 0.443. The van der Waals surface area contributed by atoms with Gasteiger partial charge in [0.15, 0.2) is 6.79 Å². The fraction of sp³-hybridized carbons (Fsp3) is 0.278. The summed E-state index contributed by atoms with van der Waals surface area (Å²) in [5.74, 6) is -0.0975. The molecule has 2 aromatic carbocycles. The normalized spacial score (nSPS) is 11.0. The van der Waals surface area contributed by atoms with Gasteiger partial charge in [-0.05, 0) is 38.1 Å². The number of rotatable bonds is 8. The first-order valence-electron chi connectivity index (χ1n) is 7.45. The van der Waals surface area contributed by atoms with Crippen molar-refractivity contribution in [3.8, 4) is 0 Å². The highest BCUT2D eigenvalue weighted by Crippen LogP contribution is 2.19. The SMILES string of the molecule is CC(C)(COCONc1ccccc1)C(=O)Nc1ccccc1. The van der Waals surface area contributed by atoms with Crippen LogP contribution >= 0.6 is 0 Å². The van der Waals surface area contributed by atoms with Crippen molar-refractivity contribution in [3.05, 3.63) is 60.7 Å². The van der Waals surface area contributed by atoms with E-state index in [0.29, 0.717) is 0 Å². The highest BCUT2D eigenvalue weighted by Gasteiger charge is 2.28. The Morgan fingerprint density at radius 2 is 1.52 bits per heavy atom. The molecule has 5 nitrogen and oxygen atoms in total. The number of carbonyl (C=O) groups is 1. The lowest BCUT2D eigenvalue weighted by molar-refractivity contribution is -0.130. The van der Waals surface area contributed by atoms with Crippen molar-refractivity contribution in [1.29, 1.82) is 0 Å². The number of para-hydroxylation sites is 2. The number of carbonyl (C=O) groups excluding carboxylic acids is 1. The van der Waals surface area contributed by atoms with E-state index in [1.54, 1.807) is 0 Å². The van der Waals surface area contributed by atoms with Crippen LogP contribution in [0.1, 0.15) is 13.8 Å². The van der Waals surface area contributed by atoms with E-state index < -0.39 is 5.41 Å². The molecule has 2 N–H and O–H groups in total. The van der Waals surface area contributed by atoms with Gasteiger partial charge in [-0.3, -0.25) is 10.3 Å². The molecule has 2 rings (SSSR count). The van der Waals surface area contributed by atoms with Crippen molar-refractivity contribution < 1.29 is 14.4 Å². The Morgan fingerprint density at radius 1 is 0.957 bits per heavy atom. The van der Waals surface area contributed by atoms with E-state index in [1.807, 2.05) is 74.5 Å². The second-order valence-electron chi connectivity index (χ2n) is 5.78. The minimum Gasteiger partial charge on any atom is -0.352 e. The lowest BCUT2D eigenvalue weighted by atomic mass is 9.93. The molecule has 122 valence electrons. The number of amides is 1. The van der Waals surface area contributed by atoms with E-state index in [-0.39, 0.29) is 19.3 Å². The third-order valence-electron chi connectivity index (χ3n) is 3.22. The molecule has 0 fully saturated rings. The van der Waals surface area contributed by atoms with Crippen LogP contribution in [0.3, 0.4) is 0 Å². The fourth-order valence-corrected chi connectivity index (χ4v) is 1.84. The first-order valence-corrected chi connectivity index (χ1v) is 7.45. The molecule has 0 radical (unpaired) electrons. The number of benzene rings is 2. The predicted octanol–water partition coefficient (Wildman–Crippen LogP) is 3.67. The average molecular weight is 314 g/mol. The summed E-state index contributed by atoms with van der Waals surface area (Å²) < 4.78 is 5.43. The third-order valence-corrected chi connectivity index (χ3v) is 3.22. The maximum absolute atomic E-state index is 12.3. The summed E-state index contributed by atoms with van der Waals surface area (Å²) >= 11 is 0. The molecule has 0 spiro atoms. The zero-order valence-electron chi connectivity index (χ0n) is 13.4. The molecule has 0 unspecified atom stereocenters. The van der Waals surface area contributed by atoms with Crippen molar-refractivity contribution in [3.63, 3.8) is 0 Å². The second-order valence-corrected chi connectivity index (χ2v) is 5.78. The average Bonchev–Trinajstić information content (AvgIpc) is 2.56. The third kappa shape index (κ3) is 5.73. The zero-order valence-corrected chi connectivity index (χ0v) is 13.4. The molecule has 0 aliphatic heterocycles. The molecule has 0 aromatic heterocycles. The highest BCUT2D eigenvalue weighted by molar-refractivity contribution is 5.94. The van der Waals surface area contributed by atoms with E-state index in [1.165, 1.54) is 0 Å². The predicted molar refractivity (Wildman–Crippen MR) is 90.8 cm³/mol. The van der Waals surface area contributed by atoms with Crippen LogP contribution in [-0.4, -0.2) is 19.3 Å². The van der Waals surface area contributed by atoms with E-state index in [9.17, 15) is 4.79 Å². The van der Waals surface area contributed by atoms with Gasteiger partial charge in [-0.15, -0.1) is 0 Å². The molecule has 0 aliphatic carbocycles. The number of hydrogen-bond donors (Lipinski definition) is 2. The van der Waals surface area contributed by atoms with Crippen LogP contribution in [-0.2, 0) is 14.4 Å². The molecular weight excluding hydrogens is 292 g/mol. The fourth-order valence-electron chi connectivity index (χ4n) is 1.84. The van der Waals surface area contributed by atoms with Crippen molar-refractivity contribution in [2.45, 2.75) is 13.8 Å². The van der Waals surface area contributed by atoms with Gasteiger partial charge in [0.05, 0.1) is 17.7 Å². The van der Waals surface area contributed by atoms with Gasteiger partial charge in [-0.25, -0.2) is 4.84 Å². The van der Waals surface area contributed by atoms with Crippen LogP contribution < -0.4 is 10.8 Å². The Bertz CT molecular complexity index is 600. The molecule has 0 atom stereocenters. The van der Waals surface area contributed by atoms with Gasteiger partial charge in [-0.1, -0.05) is 36.4 Å². The van der Waals surface area contributed by atoms with Gasteiger partial charge in [0, 0.05) is 5.69 Å². The maximum Gasteiger partial charge on any atom is 0.232 e. The van der Waals surface area contributed by atoms with Crippen LogP contribution in [0.4, 0.5) is 11.4 Å². The van der Waals surface area contributed by atoms with Gasteiger partial charge >= 0.3 is 0 Å². The number of hydrogen-bond acceptors (Lipinski definition) is 4. The van der Waals surface area contributed by atoms with Crippen molar-refractivity contribution in [2.24, 2.45) is 5.41 Å². The first-order chi connectivity index (χ1) is 11.1. The van der Waals surface area contributed by atoms with Gasteiger partial charge in [-0.2, -0.15) is 0 Å². The van der Waals surface area contributed by atoms with E-state index in [0.717, 1.165) is 11.4 Å². The number of anilines is 2. The van der Waals surface area contributed by atoms with Crippen LogP contribution in [0.25, 0.3) is 0 Å². The molecule has 0 saturated heterocycles. The van der Waals surface area contributed by atoms with Crippen molar-refractivity contribution in [2.75, 3.05) is 24.2 Å². The summed E-state index contributed by atoms with van der Waals surface area (Å²) in [4.78, 5) is 17.5. The maximum atomic E-state index is 12.3. The Kier molecular flexibility index (Phi) is 6.14. The Hall–Kier alpha value is -2.37. The number of ether oxygens (including phenoxy) is 1. The lowest BCUT2D eigenvalue weighted by Crippen LogP contribution is -2.35. The molecule has 2 aromatic rings. The largest absolute Gasteiger partial charge is 0.352 e. The van der Waals surface area contributed by atoms with Crippen LogP contribution in [0, 0.1) is 5.41 Å². The summed E-state index contributed by atoms with van der Waals surface area (Å²) in [5.41, 5.74) is 3.73. The lowest BCUT2D eigenvalue weighted by Gasteiger charge is -2.23. The van der Waals surface area contributed by atoms with Gasteiger partial charge in [0.1, 0.15) is 0 Å². The molecule has 1 amide bonds. The van der Waals surface area contributed by atoms with Gasteiger partial charge in [0.2, 0.25) is 5.91 Å². The molecule has 23 heavy (non-hydrogen) atoms. The Labute approximate surface area is 136 Å². The topological polar surface area (TPSA) is 59.6 Å². The van der Waals surface area contributed by atoms with Crippen molar-refractivity contribution >= 4 is 17.3 Å². The van der Waals surface area contributed by atoms with Crippen molar-refractivity contribution in [1.82, 2.24) is 0 Å². The summed E-state index contributed by atoms with van der Waals surface area (Å²) in [6.07, 6.45) is 0. The van der Waals surface area contributed by atoms with E-state index >= 15 is 0 Å². The molecule has 0 bridgehead atoms. The molecular formula is C18H22N2O3. The molecule has 0 saturated carbocycles. The van der Waals surface area contributed by atoms with Crippen LogP contribution in [0.2, 0.25) is 0 Å². The standard InChI is InChI=1S/C18H22N2O3/c1-18(2,17(21)19-15-9-5-3-6-10-15)13-22-14-23-20-16-11-7-4-8-12-16/h3-12,20H,13-14H2,1-2H3,(H,19,21). The summed E-state index contributed by atoms with van der Waals surface area (Å²) in [6, 6.07) is 18.9. The first kappa shape index (κ1) is 17.0.